The van der Waals surface area contributed by atoms with Crippen LogP contribution < -0.4 is 28.4 Å². The van der Waals surface area contributed by atoms with Gasteiger partial charge in [0.25, 0.3) is 0 Å². The first-order valence-corrected chi connectivity index (χ1v) is 22.3. The second-order valence-electron chi connectivity index (χ2n) is 15.4. The summed E-state index contributed by atoms with van der Waals surface area (Å²) in [5.74, 6) is -0.976. The largest absolute Gasteiger partial charge is 0.494 e. The highest BCUT2D eigenvalue weighted by atomic mass is 16.6. The van der Waals surface area contributed by atoms with Gasteiger partial charge in [-0.3, -0.25) is 0 Å². The molecule has 0 aliphatic carbocycles. The average Bonchev–Trinajstić information content (AvgIpc) is 3.31. The van der Waals surface area contributed by atoms with E-state index in [0.29, 0.717) is 35.8 Å². The van der Waals surface area contributed by atoms with E-state index in [1.54, 1.807) is 48.5 Å². The van der Waals surface area contributed by atoms with Crippen LogP contribution >= 0.6 is 0 Å². The lowest BCUT2D eigenvalue weighted by Crippen LogP contribution is -2.12. The number of carbonyl (C=O) groups is 4. The van der Waals surface area contributed by atoms with Crippen LogP contribution in [-0.2, 0) is 0 Å². The lowest BCUT2D eigenvalue weighted by atomic mass is 10.1. The Balaban J connectivity index is 1.06. The minimum Gasteiger partial charge on any atom is -0.494 e. The molecule has 0 aromatic heterocycles. The molecule has 0 radical (unpaired) electrons. The minimum atomic E-state index is -0.793. The van der Waals surface area contributed by atoms with Crippen molar-refractivity contribution in [1.82, 2.24) is 0 Å². The van der Waals surface area contributed by atoms with Crippen molar-refractivity contribution in [3.8, 4) is 40.6 Å². The molecule has 0 atom stereocenters. The predicted octanol–water partition coefficient (Wildman–Crippen LogP) is 12.7. The highest BCUT2D eigenvalue weighted by molar-refractivity contribution is 5.94. The maximum absolute atomic E-state index is 13.1. The Bertz CT molecular complexity index is 2280. The molecule has 0 bridgehead atoms. The Morgan fingerprint density at radius 2 is 0.703 bits per heavy atom. The molecule has 0 aliphatic heterocycles. The lowest BCUT2D eigenvalue weighted by molar-refractivity contribution is 0.0723. The molecule has 0 spiro atoms. The molecule has 0 amide bonds. The van der Waals surface area contributed by atoms with Crippen molar-refractivity contribution >= 4 is 23.9 Å². The summed E-state index contributed by atoms with van der Waals surface area (Å²) in [6.45, 7) is 5.66. The molecule has 0 unspecified atom stereocenters. The number of nitriles is 1. The summed E-state index contributed by atoms with van der Waals surface area (Å²) in [6.07, 6.45) is 16.8. The molecule has 11 heteroatoms. The first-order chi connectivity index (χ1) is 31.3. The summed E-state index contributed by atoms with van der Waals surface area (Å²) in [5, 5.41) is 9.67. The van der Waals surface area contributed by atoms with Crippen LogP contribution in [0.2, 0.25) is 0 Å². The second kappa shape index (κ2) is 26.5. The van der Waals surface area contributed by atoms with Gasteiger partial charge in [0.2, 0.25) is 0 Å². The molecule has 5 aromatic rings. The third-order valence-electron chi connectivity index (χ3n) is 10.3. The van der Waals surface area contributed by atoms with Crippen molar-refractivity contribution in [2.24, 2.45) is 0 Å². The van der Waals surface area contributed by atoms with Gasteiger partial charge in [-0.1, -0.05) is 90.9 Å². The molecular weight excluding hydrogens is 811 g/mol. The first kappa shape index (κ1) is 48.1. The van der Waals surface area contributed by atoms with Gasteiger partial charge in [0.05, 0.1) is 41.0 Å². The van der Waals surface area contributed by atoms with Gasteiger partial charge in [-0.05, 0) is 122 Å². The fourth-order valence-electron chi connectivity index (χ4n) is 6.59. The number of hydrogen-bond donors (Lipinski definition) is 0. The van der Waals surface area contributed by atoms with Gasteiger partial charge in [0.1, 0.15) is 34.8 Å². The zero-order valence-corrected chi connectivity index (χ0v) is 36.8. The van der Waals surface area contributed by atoms with E-state index in [0.717, 1.165) is 25.7 Å². The number of rotatable bonds is 26. The number of nitrogens with zero attached hydrogens (tertiary/aromatic N) is 1. The smallest absolute Gasteiger partial charge is 0.343 e. The number of unbranched alkanes of at least 4 members (excludes halogenated alkanes) is 12. The van der Waals surface area contributed by atoms with Gasteiger partial charge in [-0.15, -0.1) is 0 Å². The standard InChI is InChI=1S/C53H57NO10/c1-3-5-7-9-11-13-15-35-59-44-26-17-39(18-27-44)50(55)61-46-30-21-41(22-31-46)52(57)63-48-34-25-43(38-54)49(37-48)64-53(58)42-23-32-47(33-24-42)62-51(56)40-19-28-45(29-20-40)60-36-16-14-12-10-8-6-4-2/h17-34,37H,3-16,35-36H2,1-2H3. The highest BCUT2D eigenvalue weighted by Crippen LogP contribution is 2.27. The van der Waals surface area contributed by atoms with Crippen molar-refractivity contribution in [1.29, 1.82) is 5.26 Å². The molecule has 5 aromatic carbocycles. The van der Waals surface area contributed by atoms with Gasteiger partial charge in [-0.25, -0.2) is 19.2 Å². The van der Waals surface area contributed by atoms with Crippen LogP contribution in [0.3, 0.4) is 0 Å². The second-order valence-corrected chi connectivity index (χ2v) is 15.4. The maximum Gasteiger partial charge on any atom is 0.343 e. The fourth-order valence-corrected chi connectivity index (χ4v) is 6.59. The molecule has 0 saturated heterocycles. The zero-order chi connectivity index (χ0) is 45.4. The van der Waals surface area contributed by atoms with Gasteiger partial charge >= 0.3 is 23.9 Å². The van der Waals surface area contributed by atoms with Crippen LogP contribution in [0.4, 0.5) is 0 Å². The monoisotopic (exact) mass is 867 g/mol. The van der Waals surface area contributed by atoms with Gasteiger partial charge < -0.3 is 28.4 Å². The third kappa shape index (κ3) is 16.1. The molecule has 0 aliphatic rings. The number of esters is 4. The van der Waals surface area contributed by atoms with Crippen LogP contribution in [0.25, 0.3) is 0 Å². The fraction of sp³-hybridized carbons (Fsp3) is 0.340. The maximum atomic E-state index is 13.1. The Morgan fingerprint density at radius 3 is 1.08 bits per heavy atom. The van der Waals surface area contributed by atoms with Gasteiger partial charge in [0, 0.05) is 6.07 Å². The third-order valence-corrected chi connectivity index (χ3v) is 10.3. The van der Waals surface area contributed by atoms with Crippen LogP contribution in [0.15, 0.2) is 115 Å². The van der Waals surface area contributed by atoms with Crippen molar-refractivity contribution in [2.45, 2.75) is 104 Å². The predicted molar refractivity (Wildman–Crippen MR) is 244 cm³/mol. The Kier molecular flexibility index (Phi) is 19.9. The van der Waals surface area contributed by atoms with E-state index in [2.05, 4.69) is 13.8 Å². The van der Waals surface area contributed by atoms with Crippen LogP contribution in [-0.4, -0.2) is 37.1 Å². The van der Waals surface area contributed by atoms with E-state index in [1.807, 2.05) is 6.07 Å². The van der Waals surface area contributed by atoms with E-state index in [9.17, 15) is 24.4 Å². The van der Waals surface area contributed by atoms with Crippen molar-refractivity contribution in [3.63, 3.8) is 0 Å². The normalized spacial score (nSPS) is 10.6. The molecule has 0 heterocycles. The van der Waals surface area contributed by atoms with Gasteiger partial charge in [-0.2, -0.15) is 5.26 Å². The SMILES string of the molecule is CCCCCCCCCOc1ccc(C(=O)Oc2ccc(C(=O)Oc3ccc(C#N)c(OC(=O)c4ccc(OC(=O)c5ccc(OCCCCCCCCC)cc5)cc4)c3)cc2)cc1. The Labute approximate surface area is 376 Å². The quantitative estimate of drug-likeness (QED) is 0.0297. The molecule has 5 rings (SSSR count). The first-order valence-electron chi connectivity index (χ1n) is 22.3. The number of ether oxygens (including phenoxy) is 6. The van der Waals surface area contributed by atoms with Gasteiger partial charge in [0.15, 0.2) is 5.75 Å². The topological polar surface area (TPSA) is 147 Å². The van der Waals surface area contributed by atoms with Crippen LogP contribution in [0, 0.1) is 11.3 Å². The summed E-state index contributed by atoms with van der Waals surface area (Å²) >= 11 is 0. The highest BCUT2D eigenvalue weighted by Gasteiger charge is 2.17. The lowest BCUT2D eigenvalue weighted by Gasteiger charge is -2.10. The van der Waals surface area contributed by atoms with Crippen molar-refractivity contribution in [2.75, 3.05) is 13.2 Å². The van der Waals surface area contributed by atoms with Crippen molar-refractivity contribution in [3.05, 3.63) is 143 Å². The molecular formula is C53H57NO10. The molecule has 0 N–H and O–H groups in total. The van der Waals surface area contributed by atoms with E-state index < -0.39 is 23.9 Å². The van der Waals surface area contributed by atoms with E-state index in [1.165, 1.54) is 131 Å². The van der Waals surface area contributed by atoms with E-state index >= 15 is 0 Å². The number of hydrogen-bond acceptors (Lipinski definition) is 11. The molecule has 0 fully saturated rings. The molecule has 334 valence electrons. The minimum absolute atomic E-state index is 0.0205. The summed E-state index contributed by atoms with van der Waals surface area (Å²) in [5.41, 5.74) is 0.996. The summed E-state index contributed by atoms with van der Waals surface area (Å²) < 4.78 is 33.6. The summed E-state index contributed by atoms with van der Waals surface area (Å²) in [4.78, 5) is 51.7. The molecule has 11 nitrogen and oxygen atoms in total. The zero-order valence-electron chi connectivity index (χ0n) is 36.8. The van der Waals surface area contributed by atoms with E-state index in [-0.39, 0.29) is 39.7 Å². The molecule has 0 saturated carbocycles. The van der Waals surface area contributed by atoms with Crippen LogP contribution in [0.1, 0.15) is 151 Å². The molecule has 64 heavy (non-hydrogen) atoms. The number of carbonyl (C=O) groups excluding carboxylic acids is 4. The number of benzene rings is 5. The Morgan fingerprint density at radius 1 is 0.391 bits per heavy atom. The summed E-state index contributed by atoms with van der Waals surface area (Å²) in [6, 6.07) is 31.1. The average molecular weight is 868 g/mol. The van der Waals surface area contributed by atoms with E-state index in [4.69, 9.17) is 28.4 Å². The van der Waals surface area contributed by atoms with Crippen molar-refractivity contribution < 1.29 is 47.6 Å². The summed E-state index contributed by atoms with van der Waals surface area (Å²) in [7, 11) is 0. The van der Waals surface area contributed by atoms with Crippen LogP contribution in [0.5, 0.6) is 34.5 Å². The Hall–Kier alpha value is -6.93.